The van der Waals surface area contributed by atoms with Crippen LogP contribution in [0.5, 0.6) is 0 Å². The standard InChI is InChI=1S/C10H14N4O3S2/c1-7-13-10(17-14-7)2-3-12-19(15,16)9-4-8(5-11)18-6-9/h4,6,12H,2-3,5,11H2,1H3. The van der Waals surface area contributed by atoms with Crippen molar-refractivity contribution in [2.75, 3.05) is 6.54 Å². The summed E-state index contributed by atoms with van der Waals surface area (Å²) in [7, 11) is -3.50. The zero-order chi connectivity index (χ0) is 13.9. The van der Waals surface area contributed by atoms with E-state index in [0.717, 1.165) is 4.88 Å². The molecule has 0 saturated carbocycles. The molecule has 7 nitrogen and oxygen atoms in total. The van der Waals surface area contributed by atoms with Crippen LogP contribution < -0.4 is 10.5 Å². The van der Waals surface area contributed by atoms with Crippen LogP contribution in [-0.2, 0) is 23.0 Å². The Morgan fingerprint density at radius 1 is 1.53 bits per heavy atom. The van der Waals surface area contributed by atoms with Gasteiger partial charge in [0.05, 0.1) is 4.90 Å². The normalized spacial score (nSPS) is 11.9. The molecular weight excluding hydrogens is 288 g/mol. The first kappa shape index (κ1) is 14.1. The lowest BCUT2D eigenvalue weighted by molar-refractivity contribution is 0.375. The van der Waals surface area contributed by atoms with E-state index in [1.807, 2.05) is 0 Å². The van der Waals surface area contributed by atoms with Crippen molar-refractivity contribution in [2.24, 2.45) is 5.73 Å². The second-order valence-corrected chi connectivity index (χ2v) is 6.60. The Kier molecular flexibility index (Phi) is 4.30. The highest BCUT2D eigenvalue weighted by Crippen LogP contribution is 2.18. The largest absolute Gasteiger partial charge is 0.339 e. The van der Waals surface area contributed by atoms with E-state index in [9.17, 15) is 8.42 Å². The molecule has 0 amide bonds. The predicted octanol–water partition coefficient (Wildman–Crippen LogP) is 0.419. The third kappa shape index (κ3) is 3.60. The highest BCUT2D eigenvalue weighted by Gasteiger charge is 2.16. The molecule has 2 heterocycles. The second-order valence-electron chi connectivity index (χ2n) is 3.84. The number of nitrogens with one attached hydrogen (secondary N) is 1. The molecule has 2 rings (SSSR count). The molecule has 0 radical (unpaired) electrons. The van der Waals surface area contributed by atoms with Crippen molar-refractivity contribution in [3.63, 3.8) is 0 Å². The minimum Gasteiger partial charge on any atom is -0.339 e. The van der Waals surface area contributed by atoms with Crippen molar-refractivity contribution in [1.29, 1.82) is 0 Å². The Morgan fingerprint density at radius 3 is 2.89 bits per heavy atom. The van der Waals surface area contributed by atoms with Crippen molar-refractivity contribution in [1.82, 2.24) is 14.9 Å². The van der Waals surface area contributed by atoms with Crippen LogP contribution in [-0.4, -0.2) is 25.1 Å². The Bertz CT molecular complexity index is 647. The third-order valence-electron chi connectivity index (χ3n) is 2.34. The quantitative estimate of drug-likeness (QED) is 0.800. The lowest BCUT2D eigenvalue weighted by Crippen LogP contribution is -2.25. The number of aromatic nitrogens is 2. The summed E-state index contributed by atoms with van der Waals surface area (Å²) in [5.74, 6) is 0.941. The second kappa shape index (κ2) is 5.78. The number of sulfonamides is 1. The Morgan fingerprint density at radius 2 is 2.32 bits per heavy atom. The molecule has 104 valence electrons. The summed E-state index contributed by atoms with van der Waals surface area (Å²) >= 11 is 1.32. The van der Waals surface area contributed by atoms with E-state index >= 15 is 0 Å². The highest BCUT2D eigenvalue weighted by atomic mass is 32.2. The number of hydrogen-bond donors (Lipinski definition) is 2. The van der Waals surface area contributed by atoms with Crippen LogP contribution in [0.4, 0.5) is 0 Å². The molecule has 0 fully saturated rings. The van der Waals surface area contributed by atoms with Gasteiger partial charge in [0, 0.05) is 29.8 Å². The topological polar surface area (TPSA) is 111 Å². The first-order valence-corrected chi connectivity index (χ1v) is 7.94. The maximum absolute atomic E-state index is 11.9. The number of thiophene rings is 1. The van der Waals surface area contributed by atoms with Gasteiger partial charge in [-0.3, -0.25) is 0 Å². The average Bonchev–Trinajstić information content (AvgIpc) is 2.98. The van der Waals surface area contributed by atoms with Crippen molar-refractivity contribution < 1.29 is 12.9 Å². The molecule has 2 aromatic heterocycles. The molecule has 3 N–H and O–H groups in total. The SMILES string of the molecule is Cc1noc(CCNS(=O)(=O)c2csc(CN)c2)n1. The average molecular weight is 302 g/mol. The Balaban J connectivity index is 1.94. The predicted molar refractivity (Wildman–Crippen MR) is 70.1 cm³/mol. The summed E-state index contributed by atoms with van der Waals surface area (Å²) in [6.45, 7) is 2.25. The van der Waals surface area contributed by atoms with Crippen molar-refractivity contribution in [3.8, 4) is 0 Å². The molecule has 0 aliphatic rings. The smallest absolute Gasteiger partial charge is 0.241 e. The van der Waals surface area contributed by atoms with E-state index in [1.165, 1.54) is 11.3 Å². The fraction of sp³-hybridized carbons (Fsp3) is 0.400. The number of aryl methyl sites for hydroxylation is 1. The van der Waals surface area contributed by atoms with Crippen LogP contribution in [0.1, 0.15) is 16.6 Å². The molecule has 0 spiro atoms. The van der Waals surface area contributed by atoms with E-state index < -0.39 is 10.0 Å². The van der Waals surface area contributed by atoms with Crippen molar-refractivity contribution >= 4 is 21.4 Å². The summed E-state index contributed by atoms with van der Waals surface area (Å²) in [4.78, 5) is 5.06. The van der Waals surface area contributed by atoms with Crippen LogP contribution in [0.2, 0.25) is 0 Å². The van der Waals surface area contributed by atoms with E-state index in [2.05, 4.69) is 14.9 Å². The molecule has 9 heteroatoms. The lowest BCUT2D eigenvalue weighted by Gasteiger charge is -2.02. The summed E-state index contributed by atoms with van der Waals surface area (Å²) in [5, 5.41) is 5.20. The van der Waals surface area contributed by atoms with Gasteiger partial charge in [-0.2, -0.15) is 4.98 Å². The minimum atomic E-state index is -3.50. The summed E-state index contributed by atoms with van der Waals surface area (Å²) in [5.41, 5.74) is 5.45. The first-order chi connectivity index (χ1) is 9.01. The number of hydrogen-bond acceptors (Lipinski definition) is 7. The van der Waals surface area contributed by atoms with Crippen molar-refractivity contribution in [2.45, 2.75) is 24.8 Å². The van der Waals surface area contributed by atoms with E-state index in [1.54, 1.807) is 18.4 Å². The first-order valence-electron chi connectivity index (χ1n) is 5.57. The van der Waals surface area contributed by atoms with Gasteiger partial charge in [0.25, 0.3) is 0 Å². The molecule has 0 aliphatic heterocycles. The summed E-state index contributed by atoms with van der Waals surface area (Å²) in [6.07, 6.45) is 0.355. The fourth-order valence-electron chi connectivity index (χ4n) is 1.43. The van der Waals surface area contributed by atoms with Gasteiger partial charge in [0.1, 0.15) is 0 Å². The van der Waals surface area contributed by atoms with E-state index in [0.29, 0.717) is 24.7 Å². The number of nitrogens with two attached hydrogens (primary N) is 1. The van der Waals surface area contributed by atoms with Gasteiger partial charge in [-0.1, -0.05) is 5.16 Å². The third-order valence-corrected chi connectivity index (χ3v) is 4.89. The number of rotatable bonds is 6. The Hall–Kier alpha value is -1.29. The summed E-state index contributed by atoms with van der Waals surface area (Å²) < 4.78 is 31.3. The lowest BCUT2D eigenvalue weighted by atomic mass is 10.4. The molecule has 0 saturated heterocycles. The molecule has 0 bridgehead atoms. The van der Waals surface area contributed by atoms with Gasteiger partial charge in [-0.15, -0.1) is 11.3 Å². The molecular formula is C10H14N4O3S2. The monoisotopic (exact) mass is 302 g/mol. The molecule has 0 unspecified atom stereocenters. The Labute approximate surface area is 114 Å². The van der Waals surface area contributed by atoms with Gasteiger partial charge in [-0.05, 0) is 13.0 Å². The van der Waals surface area contributed by atoms with Crippen LogP contribution in [0.15, 0.2) is 20.9 Å². The van der Waals surface area contributed by atoms with Crippen LogP contribution in [0.25, 0.3) is 0 Å². The molecule has 2 aromatic rings. The van der Waals surface area contributed by atoms with Gasteiger partial charge in [0.2, 0.25) is 15.9 Å². The highest BCUT2D eigenvalue weighted by molar-refractivity contribution is 7.89. The maximum Gasteiger partial charge on any atom is 0.241 e. The van der Waals surface area contributed by atoms with E-state index in [-0.39, 0.29) is 11.4 Å². The molecule has 0 aliphatic carbocycles. The van der Waals surface area contributed by atoms with Gasteiger partial charge < -0.3 is 10.3 Å². The van der Waals surface area contributed by atoms with Gasteiger partial charge in [0.15, 0.2) is 5.82 Å². The zero-order valence-electron chi connectivity index (χ0n) is 10.3. The maximum atomic E-state index is 11.9. The zero-order valence-corrected chi connectivity index (χ0v) is 11.9. The van der Waals surface area contributed by atoms with E-state index in [4.69, 9.17) is 10.3 Å². The van der Waals surface area contributed by atoms with Crippen molar-refractivity contribution in [3.05, 3.63) is 28.0 Å². The fourth-order valence-corrected chi connectivity index (χ4v) is 3.61. The number of nitrogens with zero attached hydrogens (tertiary/aromatic N) is 2. The molecule has 0 atom stereocenters. The minimum absolute atomic E-state index is 0.206. The van der Waals surface area contributed by atoms with Gasteiger partial charge >= 0.3 is 0 Å². The van der Waals surface area contributed by atoms with Gasteiger partial charge in [-0.25, -0.2) is 13.1 Å². The van der Waals surface area contributed by atoms with Crippen LogP contribution in [0, 0.1) is 6.92 Å². The summed E-state index contributed by atoms with van der Waals surface area (Å²) in [6, 6.07) is 1.57. The van der Waals surface area contributed by atoms with Crippen LogP contribution >= 0.6 is 11.3 Å². The molecule has 0 aromatic carbocycles. The van der Waals surface area contributed by atoms with Crippen LogP contribution in [0.3, 0.4) is 0 Å². The molecule has 19 heavy (non-hydrogen) atoms.